The molecule has 0 aliphatic carbocycles. The number of carbonyl (C=O) groups excluding carboxylic acids is 2. The SMILES string of the molecule is O=C(CN1C(=O)COc2cc(Cl)ccc21)Nc1ccc(Cl)cc1. The van der Waals surface area contributed by atoms with Gasteiger partial charge >= 0.3 is 0 Å². The second-order valence-corrected chi connectivity index (χ2v) is 5.81. The molecule has 1 aliphatic heterocycles. The smallest absolute Gasteiger partial charge is 0.265 e. The van der Waals surface area contributed by atoms with Gasteiger partial charge in [-0.05, 0) is 36.4 Å². The quantitative estimate of drug-likeness (QED) is 0.923. The highest BCUT2D eigenvalue weighted by Crippen LogP contribution is 2.34. The van der Waals surface area contributed by atoms with Gasteiger partial charge in [0.25, 0.3) is 5.91 Å². The number of fused-ring (bicyclic) bond motifs is 1. The molecule has 1 aliphatic rings. The summed E-state index contributed by atoms with van der Waals surface area (Å²) in [5.74, 6) is -0.119. The number of halogens is 2. The molecule has 0 bridgehead atoms. The number of carbonyl (C=O) groups is 2. The number of nitrogens with zero attached hydrogens (tertiary/aromatic N) is 1. The Balaban J connectivity index is 1.75. The number of hydrogen-bond acceptors (Lipinski definition) is 3. The number of nitrogens with one attached hydrogen (secondary N) is 1. The van der Waals surface area contributed by atoms with Crippen LogP contribution in [-0.2, 0) is 9.59 Å². The van der Waals surface area contributed by atoms with Crippen LogP contribution in [-0.4, -0.2) is 25.0 Å². The second kappa shape index (κ2) is 6.48. The van der Waals surface area contributed by atoms with Crippen molar-refractivity contribution in [2.75, 3.05) is 23.4 Å². The largest absolute Gasteiger partial charge is 0.482 e. The fraction of sp³-hybridized carbons (Fsp3) is 0.125. The van der Waals surface area contributed by atoms with Gasteiger partial charge in [0.1, 0.15) is 12.3 Å². The van der Waals surface area contributed by atoms with Gasteiger partial charge in [0.2, 0.25) is 5.91 Å². The number of hydrogen-bond donors (Lipinski definition) is 1. The minimum atomic E-state index is -0.316. The summed E-state index contributed by atoms with van der Waals surface area (Å²) in [4.78, 5) is 25.6. The summed E-state index contributed by atoms with van der Waals surface area (Å²) in [5.41, 5.74) is 1.13. The summed E-state index contributed by atoms with van der Waals surface area (Å²) < 4.78 is 5.34. The van der Waals surface area contributed by atoms with Gasteiger partial charge < -0.3 is 10.1 Å². The molecule has 0 saturated carbocycles. The van der Waals surface area contributed by atoms with E-state index < -0.39 is 0 Å². The van der Waals surface area contributed by atoms with Crippen LogP contribution >= 0.6 is 23.2 Å². The zero-order valence-electron chi connectivity index (χ0n) is 11.9. The molecule has 2 amide bonds. The second-order valence-electron chi connectivity index (χ2n) is 4.94. The maximum Gasteiger partial charge on any atom is 0.265 e. The Morgan fingerprint density at radius 3 is 2.57 bits per heavy atom. The molecule has 1 heterocycles. The van der Waals surface area contributed by atoms with Crippen LogP contribution in [0, 0.1) is 0 Å². The van der Waals surface area contributed by atoms with E-state index in [-0.39, 0.29) is 25.0 Å². The fourth-order valence-electron chi connectivity index (χ4n) is 2.23. The van der Waals surface area contributed by atoms with E-state index in [4.69, 9.17) is 27.9 Å². The van der Waals surface area contributed by atoms with Crippen molar-refractivity contribution in [1.29, 1.82) is 0 Å². The minimum Gasteiger partial charge on any atom is -0.482 e. The molecule has 0 spiro atoms. The monoisotopic (exact) mass is 350 g/mol. The Morgan fingerprint density at radius 2 is 1.83 bits per heavy atom. The summed E-state index contributed by atoms with van der Waals surface area (Å²) in [6, 6.07) is 11.6. The molecule has 118 valence electrons. The van der Waals surface area contributed by atoms with Crippen LogP contribution in [0.2, 0.25) is 10.0 Å². The number of ether oxygens (including phenoxy) is 1. The van der Waals surface area contributed by atoms with Crippen LogP contribution in [0.4, 0.5) is 11.4 Å². The lowest BCUT2D eigenvalue weighted by Crippen LogP contribution is -2.43. The van der Waals surface area contributed by atoms with Crippen LogP contribution in [0.15, 0.2) is 42.5 Å². The maximum absolute atomic E-state index is 12.2. The van der Waals surface area contributed by atoms with Crippen LogP contribution in [0.25, 0.3) is 0 Å². The number of anilines is 2. The first kappa shape index (κ1) is 15.6. The maximum atomic E-state index is 12.2. The molecule has 0 atom stereocenters. The molecule has 0 unspecified atom stereocenters. The molecule has 7 heteroatoms. The summed E-state index contributed by atoms with van der Waals surface area (Å²) in [6.45, 7) is -0.235. The highest BCUT2D eigenvalue weighted by molar-refractivity contribution is 6.31. The summed E-state index contributed by atoms with van der Waals surface area (Å²) in [7, 11) is 0. The number of benzene rings is 2. The molecule has 0 saturated heterocycles. The van der Waals surface area contributed by atoms with Gasteiger partial charge in [0.05, 0.1) is 5.69 Å². The standard InChI is InChI=1S/C16H12Cl2N2O3/c17-10-1-4-12(5-2-10)19-15(21)8-20-13-6-3-11(18)7-14(13)23-9-16(20)22/h1-7H,8-9H2,(H,19,21). The molecule has 2 aromatic carbocycles. The Kier molecular flexibility index (Phi) is 4.41. The van der Waals surface area contributed by atoms with Gasteiger partial charge in [-0.25, -0.2) is 0 Å². The average molecular weight is 351 g/mol. The Bertz CT molecular complexity index is 762. The minimum absolute atomic E-state index is 0.112. The van der Waals surface area contributed by atoms with E-state index in [1.807, 2.05) is 0 Å². The lowest BCUT2D eigenvalue weighted by atomic mass is 10.2. The van der Waals surface area contributed by atoms with E-state index in [1.54, 1.807) is 42.5 Å². The molecule has 5 nitrogen and oxygen atoms in total. The van der Waals surface area contributed by atoms with Crippen molar-refractivity contribution in [2.45, 2.75) is 0 Å². The summed E-state index contributed by atoms with van der Waals surface area (Å²) >= 11 is 11.7. The highest BCUT2D eigenvalue weighted by atomic mass is 35.5. The first-order chi connectivity index (χ1) is 11.0. The lowest BCUT2D eigenvalue weighted by molar-refractivity contribution is -0.123. The molecule has 1 N–H and O–H groups in total. The lowest BCUT2D eigenvalue weighted by Gasteiger charge is -2.28. The molecular formula is C16H12Cl2N2O3. The Morgan fingerprint density at radius 1 is 1.13 bits per heavy atom. The summed E-state index contributed by atoms with van der Waals surface area (Å²) in [5, 5.41) is 3.80. The average Bonchev–Trinajstić information content (AvgIpc) is 2.52. The van der Waals surface area contributed by atoms with Gasteiger partial charge in [0, 0.05) is 21.8 Å². The first-order valence-electron chi connectivity index (χ1n) is 6.81. The van der Waals surface area contributed by atoms with Crippen LogP contribution in [0.1, 0.15) is 0 Å². The zero-order chi connectivity index (χ0) is 16.4. The van der Waals surface area contributed by atoms with E-state index in [0.29, 0.717) is 27.2 Å². The normalized spacial score (nSPS) is 13.3. The molecule has 0 aromatic heterocycles. The van der Waals surface area contributed by atoms with Crippen molar-refractivity contribution in [3.05, 3.63) is 52.5 Å². The van der Waals surface area contributed by atoms with Gasteiger partial charge in [-0.15, -0.1) is 0 Å². The van der Waals surface area contributed by atoms with Crippen molar-refractivity contribution < 1.29 is 14.3 Å². The van der Waals surface area contributed by atoms with Gasteiger partial charge in [-0.3, -0.25) is 14.5 Å². The van der Waals surface area contributed by atoms with Crippen LogP contribution < -0.4 is 15.0 Å². The van der Waals surface area contributed by atoms with Crippen molar-refractivity contribution in [3.63, 3.8) is 0 Å². The number of rotatable bonds is 3. The van der Waals surface area contributed by atoms with Gasteiger partial charge in [-0.2, -0.15) is 0 Å². The van der Waals surface area contributed by atoms with E-state index in [0.717, 1.165) is 0 Å². The Labute approximate surface area is 142 Å². The van der Waals surface area contributed by atoms with Crippen molar-refractivity contribution in [2.24, 2.45) is 0 Å². The Hall–Kier alpha value is -2.24. The van der Waals surface area contributed by atoms with Crippen LogP contribution in [0.5, 0.6) is 5.75 Å². The predicted molar refractivity (Wildman–Crippen MR) is 89.4 cm³/mol. The van der Waals surface area contributed by atoms with Gasteiger partial charge in [0.15, 0.2) is 6.61 Å². The molecular weight excluding hydrogens is 339 g/mol. The van der Waals surface area contributed by atoms with Crippen LogP contribution in [0.3, 0.4) is 0 Å². The van der Waals surface area contributed by atoms with E-state index >= 15 is 0 Å². The van der Waals surface area contributed by atoms with Crippen molar-refractivity contribution in [1.82, 2.24) is 0 Å². The van der Waals surface area contributed by atoms with Crippen molar-refractivity contribution >= 4 is 46.4 Å². The molecule has 3 rings (SSSR count). The third kappa shape index (κ3) is 3.57. The fourth-order valence-corrected chi connectivity index (χ4v) is 2.52. The van der Waals surface area contributed by atoms with E-state index in [1.165, 1.54) is 4.90 Å². The molecule has 0 fully saturated rings. The van der Waals surface area contributed by atoms with E-state index in [2.05, 4.69) is 5.32 Å². The third-order valence-corrected chi connectivity index (χ3v) is 3.78. The highest BCUT2D eigenvalue weighted by Gasteiger charge is 2.27. The van der Waals surface area contributed by atoms with Crippen molar-refractivity contribution in [3.8, 4) is 5.75 Å². The predicted octanol–water partition coefficient (Wildman–Crippen LogP) is 3.36. The molecule has 0 radical (unpaired) electrons. The van der Waals surface area contributed by atoms with Gasteiger partial charge in [-0.1, -0.05) is 23.2 Å². The number of amides is 2. The van der Waals surface area contributed by atoms with E-state index in [9.17, 15) is 9.59 Å². The summed E-state index contributed by atoms with van der Waals surface area (Å²) in [6.07, 6.45) is 0. The first-order valence-corrected chi connectivity index (χ1v) is 7.56. The third-order valence-electron chi connectivity index (χ3n) is 3.29. The molecule has 2 aromatic rings. The topological polar surface area (TPSA) is 58.6 Å². The zero-order valence-corrected chi connectivity index (χ0v) is 13.4. The molecule has 23 heavy (non-hydrogen) atoms.